The molecule has 0 saturated heterocycles. The highest BCUT2D eigenvalue weighted by atomic mass is 16.6. The van der Waals surface area contributed by atoms with Crippen molar-refractivity contribution in [2.45, 2.75) is 27.2 Å². The van der Waals surface area contributed by atoms with Crippen LogP contribution in [0.4, 0.5) is 17.3 Å². The molecular weight excluding hydrogens is 220 g/mol. The Morgan fingerprint density at radius 2 is 2.18 bits per heavy atom. The summed E-state index contributed by atoms with van der Waals surface area (Å²) in [6, 6.07) is 2.79. The molecule has 6 heteroatoms. The van der Waals surface area contributed by atoms with Crippen molar-refractivity contribution >= 4 is 17.3 Å². The number of pyridine rings is 1. The Bertz CT molecular complexity index is 418. The second-order valence-corrected chi connectivity index (χ2v) is 4.73. The largest absolute Gasteiger partial charge is 0.384 e. The Labute approximate surface area is 100 Å². The number of rotatable bonds is 5. The van der Waals surface area contributed by atoms with E-state index >= 15 is 0 Å². The van der Waals surface area contributed by atoms with Gasteiger partial charge in [-0.1, -0.05) is 20.8 Å². The molecule has 0 aliphatic rings. The summed E-state index contributed by atoms with van der Waals surface area (Å²) in [6.07, 6.45) is 0.968. The Balaban J connectivity index is 2.89. The SMILES string of the molecule is CCC(C)(C)CNc1nc(N)ccc1[N+](=O)[O-]. The highest BCUT2D eigenvalue weighted by molar-refractivity contribution is 5.59. The summed E-state index contributed by atoms with van der Waals surface area (Å²) in [5.41, 5.74) is 5.53. The van der Waals surface area contributed by atoms with Crippen molar-refractivity contribution in [3.05, 3.63) is 22.2 Å². The average Bonchev–Trinajstić information content (AvgIpc) is 2.26. The second-order valence-electron chi connectivity index (χ2n) is 4.73. The molecule has 0 radical (unpaired) electrons. The predicted octanol–water partition coefficient (Wildman–Crippen LogP) is 2.42. The zero-order valence-corrected chi connectivity index (χ0v) is 10.4. The highest BCUT2D eigenvalue weighted by Crippen LogP contribution is 2.26. The highest BCUT2D eigenvalue weighted by Gasteiger charge is 2.19. The van der Waals surface area contributed by atoms with Gasteiger partial charge in [0.2, 0.25) is 5.82 Å². The molecule has 1 heterocycles. The number of hydrogen-bond acceptors (Lipinski definition) is 5. The fourth-order valence-corrected chi connectivity index (χ4v) is 1.19. The zero-order chi connectivity index (χ0) is 13.1. The van der Waals surface area contributed by atoms with Gasteiger partial charge in [0.15, 0.2) is 0 Å². The van der Waals surface area contributed by atoms with Crippen LogP contribution in [0.2, 0.25) is 0 Å². The number of nitro groups is 1. The molecule has 0 aliphatic carbocycles. The van der Waals surface area contributed by atoms with Crippen LogP contribution in [0.5, 0.6) is 0 Å². The van der Waals surface area contributed by atoms with Crippen LogP contribution in [0.3, 0.4) is 0 Å². The lowest BCUT2D eigenvalue weighted by Crippen LogP contribution is -2.23. The van der Waals surface area contributed by atoms with Crippen LogP contribution >= 0.6 is 0 Å². The van der Waals surface area contributed by atoms with Gasteiger partial charge in [0.25, 0.3) is 0 Å². The van der Waals surface area contributed by atoms with Gasteiger partial charge < -0.3 is 11.1 Å². The Morgan fingerprint density at radius 1 is 1.53 bits per heavy atom. The van der Waals surface area contributed by atoms with Gasteiger partial charge in [-0.15, -0.1) is 0 Å². The zero-order valence-electron chi connectivity index (χ0n) is 10.4. The van der Waals surface area contributed by atoms with Gasteiger partial charge in [0.1, 0.15) is 5.82 Å². The quantitative estimate of drug-likeness (QED) is 0.606. The molecule has 1 rings (SSSR count). The lowest BCUT2D eigenvalue weighted by molar-refractivity contribution is -0.384. The van der Waals surface area contributed by atoms with Gasteiger partial charge in [0, 0.05) is 12.6 Å². The van der Waals surface area contributed by atoms with Crippen molar-refractivity contribution in [2.75, 3.05) is 17.6 Å². The van der Waals surface area contributed by atoms with Crippen LogP contribution in [-0.2, 0) is 0 Å². The first-order valence-corrected chi connectivity index (χ1v) is 5.50. The van der Waals surface area contributed by atoms with E-state index in [1.165, 1.54) is 12.1 Å². The molecule has 1 aromatic rings. The number of anilines is 2. The van der Waals surface area contributed by atoms with Gasteiger partial charge in [-0.3, -0.25) is 10.1 Å². The number of nitrogens with zero attached hydrogens (tertiary/aromatic N) is 2. The minimum absolute atomic E-state index is 0.0499. The molecule has 1 aromatic heterocycles. The van der Waals surface area contributed by atoms with Gasteiger partial charge in [-0.2, -0.15) is 0 Å². The monoisotopic (exact) mass is 238 g/mol. The first-order valence-electron chi connectivity index (χ1n) is 5.50. The van der Waals surface area contributed by atoms with Gasteiger partial charge in [0.05, 0.1) is 4.92 Å². The van der Waals surface area contributed by atoms with Crippen molar-refractivity contribution in [3.63, 3.8) is 0 Å². The molecule has 0 unspecified atom stereocenters. The second kappa shape index (κ2) is 4.99. The summed E-state index contributed by atoms with van der Waals surface area (Å²) in [5, 5.41) is 13.8. The van der Waals surface area contributed by atoms with Crippen LogP contribution in [0.15, 0.2) is 12.1 Å². The third-order valence-corrected chi connectivity index (χ3v) is 2.78. The van der Waals surface area contributed by atoms with Crippen LogP contribution in [0.1, 0.15) is 27.2 Å². The first kappa shape index (κ1) is 13.2. The number of nitrogens with two attached hydrogens (primary N) is 1. The molecule has 3 N–H and O–H groups in total. The van der Waals surface area contributed by atoms with E-state index in [-0.39, 0.29) is 22.7 Å². The van der Waals surface area contributed by atoms with Crippen LogP contribution in [-0.4, -0.2) is 16.5 Å². The third kappa shape index (κ3) is 3.58. The minimum atomic E-state index is -0.465. The Kier molecular flexibility index (Phi) is 3.88. The Morgan fingerprint density at radius 3 is 2.71 bits per heavy atom. The summed E-state index contributed by atoms with van der Waals surface area (Å²) in [7, 11) is 0. The number of nitrogens with one attached hydrogen (secondary N) is 1. The van der Waals surface area contributed by atoms with Crippen molar-refractivity contribution in [3.8, 4) is 0 Å². The molecule has 0 aromatic carbocycles. The van der Waals surface area contributed by atoms with Gasteiger partial charge >= 0.3 is 5.69 Å². The molecule has 6 nitrogen and oxygen atoms in total. The molecule has 94 valence electrons. The van der Waals surface area contributed by atoms with Crippen LogP contribution < -0.4 is 11.1 Å². The molecule has 17 heavy (non-hydrogen) atoms. The lowest BCUT2D eigenvalue weighted by Gasteiger charge is -2.23. The van der Waals surface area contributed by atoms with E-state index in [0.717, 1.165) is 6.42 Å². The van der Waals surface area contributed by atoms with E-state index in [1.54, 1.807) is 0 Å². The summed E-state index contributed by atoms with van der Waals surface area (Å²) in [6.45, 7) is 6.85. The fourth-order valence-electron chi connectivity index (χ4n) is 1.19. The van der Waals surface area contributed by atoms with Gasteiger partial charge in [-0.05, 0) is 17.9 Å². The minimum Gasteiger partial charge on any atom is -0.384 e. The normalized spacial score (nSPS) is 11.2. The summed E-state index contributed by atoms with van der Waals surface area (Å²) in [5.74, 6) is 0.504. The molecule has 0 saturated carbocycles. The maximum absolute atomic E-state index is 10.8. The fraction of sp³-hybridized carbons (Fsp3) is 0.545. The van der Waals surface area contributed by atoms with Crippen LogP contribution in [0, 0.1) is 15.5 Å². The smallest absolute Gasteiger partial charge is 0.311 e. The molecule has 0 bridgehead atoms. The summed E-state index contributed by atoms with van der Waals surface area (Å²) in [4.78, 5) is 14.3. The predicted molar refractivity (Wildman–Crippen MR) is 67.9 cm³/mol. The van der Waals surface area contributed by atoms with E-state index in [4.69, 9.17) is 5.73 Å². The molecule has 0 spiro atoms. The lowest BCUT2D eigenvalue weighted by atomic mass is 9.90. The maximum atomic E-state index is 10.8. The molecular formula is C11H18N4O2. The van der Waals surface area contributed by atoms with Gasteiger partial charge in [-0.25, -0.2) is 4.98 Å². The molecule has 0 amide bonds. The average molecular weight is 238 g/mol. The van der Waals surface area contributed by atoms with E-state index in [0.29, 0.717) is 6.54 Å². The standard InChI is InChI=1S/C11H18N4O2/c1-4-11(2,3)7-13-10-8(15(16)17)5-6-9(12)14-10/h5-6H,4,7H2,1-3H3,(H3,12,13,14). The number of aromatic nitrogens is 1. The van der Waals surface area contributed by atoms with E-state index in [1.807, 2.05) is 0 Å². The van der Waals surface area contributed by atoms with Crippen molar-refractivity contribution in [1.82, 2.24) is 4.98 Å². The molecule has 0 aliphatic heterocycles. The molecule has 0 atom stereocenters. The molecule has 0 fully saturated rings. The van der Waals surface area contributed by atoms with E-state index in [9.17, 15) is 10.1 Å². The number of hydrogen-bond donors (Lipinski definition) is 2. The topological polar surface area (TPSA) is 94.1 Å². The van der Waals surface area contributed by atoms with Crippen molar-refractivity contribution < 1.29 is 4.92 Å². The van der Waals surface area contributed by atoms with Crippen molar-refractivity contribution in [1.29, 1.82) is 0 Å². The first-order chi connectivity index (χ1) is 7.85. The van der Waals surface area contributed by atoms with E-state index < -0.39 is 4.92 Å². The summed E-state index contributed by atoms with van der Waals surface area (Å²) >= 11 is 0. The van der Waals surface area contributed by atoms with E-state index in [2.05, 4.69) is 31.1 Å². The van der Waals surface area contributed by atoms with Crippen molar-refractivity contribution in [2.24, 2.45) is 5.41 Å². The maximum Gasteiger partial charge on any atom is 0.311 e. The number of nitrogen functional groups attached to an aromatic ring is 1. The Hall–Kier alpha value is -1.85. The summed E-state index contributed by atoms with van der Waals surface area (Å²) < 4.78 is 0. The third-order valence-electron chi connectivity index (χ3n) is 2.78. The van der Waals surface area contributed by atoms with Crippen LogP contribution in [0.25, 0.3) is 0 Å².